The predicted octanol–water partition coefficient (Wildman–Crippen LogP) is 18.1. The zero-order valence-electron chi connectivity index (χ0n) is 42.1. The summed E-state index contributed by atoms with van der Waals surface area (Å²) in [6.07, 6.45) is 61.2. The van der Waals surface area contributed by atoms with E-state index in [-0.39, 0.29) is 31.1 Å². The molecule has 0 bridgehead atoms. The first kappa shape index (κ1) is 60.6. The lowest BCUT2D eigenvalue weighted by atomic mass is 10.0. The van der Waals surface area contributed by atoms with Gasteiger partial charge in [0.25, 0.3) is 0 Å². The third-order valence-corrected chi connectivity index (χ3v) is 12.1. The Kier molecular flexibility index (Phi) is 50.3. The Balaban J connectivity index is 4.34. The smallest absolute Gasteiger partial charge is 0.306 e. The number of hydrogen-bond acceptors (Lipinski definition) is 6. The Morgan fingerprint density at radius 1 is 0.317 bits per heavy atom. The second-order valence-electron chi connectivity index (χ2n) is 18.5. The van der Waals surface area contributed by atoms with Gasteiger partial charge in [0.05, 0.1) is 0 Å². The molecule has 0 saturated heterocycles. The van der Waals surface area contributed by atoms with Gasteiger partial charge in [-0.15, -0.1) is 0 Å². The van der Waals surface area contributed by atoms with Crippen LogP contribution in [0, 0.1) is 0 Å². The first-order valence-corrected chi connectivity index (χ1v) is 27.5. The summed E-state index contributed by atoms with van der Waals surface area (Å²) in [5.41, 5.74) is 0. The third-order valence-electron chi connectivity index (χ3n) is 12.1. The van der Waals surface area contributed by atoms with E-state index in [1.165, 1.54) is 173 Å². The number of allylic oxidation sites excluding steroid dienone is 6. The van der Waals surface area contributed by atoms with Crippen LogP contribution in [0.3, 0.4) is 0 Å². The van der Waals surface area contributed by atoms with Gasteiger partial charge in [-0.1, -0.05) is 250 Å². The molecular weight excluding hydrogens is 781 g/mol. The van der Waals surface area contributed by atoms with Crippen molar-refractivity contribution in [2.75, 3.05) is 13.2 Å². The Morgan fingerprint density at radius 2 is 0.571 bits per heavy atom. The SMILES string of the molecule is CCCCC/C=C\C/C=C\C/C=C\CCCCCCCCC(=O)OC[C@@H](COC(=O)CCCCCCCCCCCCCC)OC(=O)CCCCCCCCCCCCCCCC. The Hall–Kier alpha value is -2.37. The van der Waals surface area contributed by atoms with Crippen molar-refractivity contribution in [3.8, 4) is 0 Å². The summed E-state index contributed by atoms with van der Waals surface area (Å²) >= 11 is 0. The molecule has 0 aliphatic rings. The standard InChI is InChI=1S/C57H104O6/c1-4-7-10-13-16-19-22-25-27-28-29-30-31-33-35-38-41-44-47-50-56(59)62-53-54(52-61-55(58)49-46-43-40-37-34-24-21-18-15-12-9-6-3)63-57(60)51-48-45-42-39-36-32-26-23-20-17-14-11-8-5-2/h16,19,25,27,29-30,54H,4-15,17-18,20-24,26,28,31-53H2,1-3H3/b19-16-,27-25-,30-29-/t54-/m1/s1. The lowest BCUT2D eigenvalue weighted by Crippen LogP contribution is -2.30. The van der Waals surface area contributed by atoms with E-state index in [2.05, 4.69) is 57.2 Å². The van der Waals surface area contributed by atoms with Gasteiger partial charge in [0.1, 0.15) is 13.2 Å². The van der Waals surface area contributed by atoms with E-state index in [0.717, 1.165) is 77.0 Å². The van der Waals surface area contributed by atoms with Crippen LogP contribution >= 0.6 is 0 Å². The molecule has 0 aliphatic heterocycles. The van der Waals surface area contributed by atoms with Gasteiger partial charge in [0, 0.05) is 19.3 Å². The zero-order chi connectivity index (χ0) is 45.8. The summed E-state index contributed by atoms with van der Waals surface area (Å²) in [4.78, 5) is 38.0. The van der Waals surface area contributed by atoms with Crippen LogP contribution in [0.25, 0.3) is 0 Å². The highest BCUT2D eigenvalue weighted by Gasteiger charge is 2.19. The molecule has 0 aromatic rings. The van der Waals surface area contributed by atoms with Crippen molar-refractivity contribution >= 4 is 17.9 Å². The minimum atomic E-state index is -0.772. The summed E-state index contributed by atoms with van der Waals surface area (Å²) in [6, 6.07) is 0. The maximum atomic E-state index is 12.8. The number of unbranched alkanes of at least 4 members (excludes halogenated alkanes) is 33. The molecule has 0 amide bonds. The molecule has 0 saturated carbocycles. The van der Waals surface area contributed by atoms with Crippen LogP contribution < -0.4 is 0 Å². The molecule has 1 atom stereocenters. The zero-order valence-corrected chi connectivity index (χ0v) is 42.1. The van der Waals surface area contributed by atoms with Crippen molar-refractivity contribution in [1.82, 2.24) is 0 Å². The number of rotatable bonds is 50. The predicted molar refractivity (Wildman–Crippen MR) is 270 cm³/mol. The van der Waals surface area contributed by atoms with Crippen molar-refractivity contribution in [3.63, 3.8) is 0 Å². The molecule has 0 radical (unpaired) electrons. The number of hydrogen-bond donors (Lipinski definition) is 0. The molecule has 0 N–H and O–H groups in total. The second-order valence-corrected chi connectivity index (χ2v) is 18.5. The van der Waals surface area contributed by atoms with Crippen LogP contribution in [0.15, 0.2) is 36.5 Å². The van der Waals surface area contributed by atoms with Gasteiger partial charge in [0.15, 0.2) is 6.10 Å². The van der Waals surface area contributed by atoms with E-state index < -0.39 is 6.10 Å². The van der Waals surface area contributed by atoms with Crippen molar-refractivity contribution in [2.45, 2.75) is 297 Å². The van der Waals surface area contributed by atoms with Crippen molar-refractivity contribution in [2.24, 2.45) is 0 Å². The molecule has 368 valence electrons. The summed E-state index contributed by atoms with van der Waals surface area (Å²) < 4.78 is 16.8. The summed E-state index contributed by atoms with van der Waals surface area (Å²) in [5.74, 6) is -0.870. The average molecular weight is 885 g/mol. The van der Waals surface area contributed by atoms with Crippen LogP contribution in [-0.2, 0) is 28.6 Å². The molecule has 0 spiro atoms. The maximum absolute atomic E-state index is 12.8. The molecule has 0 fully saturated rings. The Morgan fingerprint density at radius 3 is 0.921 bits per heavy atom. The quantitative estimate of drug-likeness (QED) is 0.0262. The lowest BCUT2D eigenvalue weighted by Gasteiger charge is -2.18. The summed E-state index contributed by atoms with van der Waals surface area (Å²) in [5, 5.41) is 0. The van der Waals surface area contributed by atoms with Gasteiger partial charge in [-0.25, -0.2) is 0 Å². The largest absolute Gasteiger partial charge is 0.462 e. The Bertz CT molecular complexity index is 1060. The minimum absolute atomic E-state index is 0.0718. The van der Waals surface area contributed by atoms with Crippen LogP contribution in [0.1, 0.15) is 290 Å². The number of carbonyl (C=O) groups excluding carboxylic acids is 3. The third kappa shape index (κ3) is 50.5. The van der Waals surface area contributed by atoms with Crippen LogP contribution in [-0.4, -0.2) is 37.2 Å². The van der Waals surface area contributed by atoms with Gasteiger partial charge in [-0.2, -0.15) is 0 Å². The topological polar surface area (TPSA) is 78.9 Å². The molecule has 6 nitrogen and oxygen atoms in total. The van der Waals surface area contributed by atoms with E-state index >= 15 is 0 Å². The number of carbonyl (C=O) groups is 3. The fourth-order valence-corrected chi connectivity index (χ4v) is 7.98. The molecule has 0 aromatic heterocycles. The van der Waals surface area contributed by atoms with Gasteiger partial charge < -0.3 is 14.2 Å². The molecule has 63 heavy (non-hydrogen) atoms. The molecular formula is C57H104O6. The molecule has 0 aliphatic carbocycles. The highest BCUT2D eigenvalue weighted by Crippen LogP contribution is 2.16. The summed E-state index contributed by atoms with van der Waals surface area (Å²) in [6.45, 7) is 6.63. The second kappa shape index (κ2) is 52.3. The number of esters is 3. The van der Waals surface area contributed by atoms with E-state index in [4.69, 9.17) is 14.2 Å². The van der Waals surface area contributed by atoms with Crippen LogP contribution in [0.2, 0.25) is 0 Å². The molecule has 0 aromatic carbocycles. The fourth-order valence-electron chi connectivity index (χ4n) is 7.98. The van der Waals surface area contributed by atoms with Crippen molar-refractivity contribution in [3.05, 3.63) is 36.5 Å². The van der Waals surface area contributed by atoms with Crippen LogP contribution in [0.4, 0.5) is 0 Å². The first-order chi connectivity index (χ1) is 31.0. The van der Waals surface area contributed by atoms with Gasteiger partial charge in [-0.05, 0) is 57.8 Å². The molecule has 0 heterocycles. The number of ether oxygens (including phenoxy) is 3. The minimum Gasteiger partial charge on any atom is -0.462 e. The highest BCUT2D eigenvalue weighted by molar-refractivity contribution is 5.71. The molecule has 6 heteroatoms. The van der Waals surface area contributed by atoms with E-state index in [1.54, 1.807) is 0 Å². The van der Waals surface area contributed by atoms with E-state index in [9.17, 15) is 14.4 Å². The van der Waals surface area contributed by atoms with Crippen LogP contribution in [0.5, 0.6) is 0 Å². The lowest BCUT2D eigenvalue weighted by molar-refractivity contribution is -0.167. The normalized spacial score (nSPS) is 12.2. The van der Waals surface area contributed by atoms with Crippen molar-refractivity contribution < 1.29 is 28.6 Å². The van der Waals surface area contributed by atoms with E-state index in [0.29, 0.717) is 19.3 Å². The maximum Gasteiger partial charge on any atom is 0.306 e. The van der Waals surface area contributed by atoms with Gasteiger partial charge in [0.2, 0.25) is 0 Å². The van der Waals surface area contributed by atoms with Gasteiger partial charge in [-0.3, -0.25) is 14.4 Å². The molecule has 0 rings (SSSR count). The highest BCUT2D eigenvalue weighted by atomic mass is 16.6. The van der Waals surface area contributed by atoms with Gasteiger partial charge >= 0.3 is 17.9 Å². The molecule has 0 unspecified atom stereocenters. The monoisotopic (exact) mass is 885 g/mol. The fraction of sp³-hybridized carbons (Fsp3) is 0.842. The Labute approximate surface area is 391 Å². The van der Waals surface area contributed by atoms with E-state index in [1.807, 2.05) is 0 Å². The summed E-state index contributed by atoms with van der Waals surface area (Å²) in [7, 11) is 0. The first-order valence-electron chi connectivity index (χ1n) is 27.5. The average Bonchev–Trinajstić information content (AvgIpc) is 3.28. The van der Waals surface area contributed by atoms with Crippen molar-refractivity contribution in [1.29, 1.82) is 0 Å².